The molecule has 0 heterocycles. The highest BCUT2D eigenvalue weighted by molar-refractivity contribution is 5.75. The fraction of sp³-hybridized carbons (Fsp3) is 0.800. The normalized spacial score (nSPS) is 20.3. The molecular formula is C10H14O4. The predicted molar refractivity (Wildman–Crippen MR) is 47.4 cm³/mol. The second-order valence-electron chi connectivity index (χ2n) is 3.88. The van der Waals surface area contributed by atoms with E-state index in [4.69, 9.17) is 9.47 Å². The maximum absolute atomic E-state index is 11.0. The molecule has 78 valence electrons. The van der Waals surface area contributed by atoms with Gasteiger partial charge >= 0.3 is 11.9 Å². The maximum Gasteiger partial charge on any atom is 0.309 e. The van der Waals surface area contributed by atoms with Crippen LogP contribution in [0.2, 0.25) is 0 Å². The first-order valence-electron chi connectivity index (χ1n) is 5.10. The zero-order valence-electron chi connectivity index (χ0n) is 8.03. The molecule has 0 N–H and O–H groups in total. The van der Waals surface area contributed by atoms with Gasteiger partial charge in [0.15, 0.2) is 0 Å². The Hall–Kier alpha value is -1.06. The molecule has 0 saturated heterocycles. The van der Waals surface area contributed by atoms with E-state index >= 15 is 0 Å². The van der Waals surface area contributed by atoms with Gasteiger partial charge in [0.1, 0.15) is 13.2 Å². The standard InChI is InChI=1S/C10H14O4/c11-9(7-1-2-7)13-5-6-14-10(12)8-3-4-8/h7-8H,1-6H2. The number of hydrogen-bond acceptors (Lipinski definition) is 4. The molecule has 0 bridgehead atoms. The average Bonchev–Trinajstić information content (AvgIpc) is 3.06. The number of rotatable bonds is 5. The molecule has 0 aliphatic heterocycles. The van der Waals surface area contributed by atoms with E-state index in [0.717, 1.165) is 25.7 Å². The van der Waals surface area contributed by atoms with Gasteiger partial charge in [-0.25, -0.2) is 0 Å². The van der Waals surface area contributed by atoms with Crippen molar-refractivity contribution in [3.05, 3.63) is 0 Å². The lowest BCUT2D eigenvalue weighted by Crippen LogP contribution is -2.15. The van der Waals surface area contributed by atoms with Crippen LogP contribution >= 0.6 is 0 Å². The molecule has 4 nitrogen and oxygen atoms in total. The van der Waals surface area contributed by atoms with Gasteiger partial charge in [0, 0.05) is 0 Å². The van der Waals surface area contributed by atoms with Gasteiger partial charge in [0.05, 0.1) is 11.8 Å². The van der Waals surface area contributed by atoms with Crippen LogP contribution in [0.5, 0.6) is 0 Å². The summed E-state index contributed by atoms with van der Waals surface area (Å²) in [6, 6.07) is 0. The van der Waals surface area contributed by atoms with Crippen LogP contribution in [0.1, 0.15) is 25.7 Å². The van der Waals surface area contributed by atoms with Crippen molar-refractivity contribution in [1.82, 2.24) is 0 Å². The van der Waals surface area contributed by atoms with Crippen LogP contribution < -0.4 is 0 Å². The molecule has 0 atom stereocenters. The summed E-state index contributed by atoms with van der Waals surface area (Å²) in [5.74, 6) is -0.0526. The van der Waals surface area contributed by atoms with Crippen molar-refractivity contribution >= 4 is 11.9 Å². The monoisotopic (exact) mass is 198 g/mol. The summed E-state index contributed by atoms with van der Waals surface area (Å²) in [5, 5.41) is 0. The van der Waals surface area contributed by atoms with Gasteiger partial charge in [0.25, 0.3) is 0 Å². The molecule has 2 aliphatic rings. The fourth-order valence-electron chi connectivity index (χ4n) is 1.16. The summed E-state index contributed by atoms with van der Waals surface area (Å²) in [6.07, 6.45) is 3.78. The lowest BCUT2D eigenvalue weighted by atomic mass is 10.4. The van der Waals surface area contributed by atoms with Crippen molar-refractivity contribution in [3.63, 3.8) is 0 Å². The first-order valence-corrected chi connectivity index (χ1v) is 5.10. The van der Waals surface area contributed by atoms with Gasteiger partial charge in [-0.15, -0.1) is 0 Å². The van der Waals surface area contributed by atoms with E-state index in [1.165, 1.54) is 0 Å². The number of carbonyl (C=O) groups excluding carboxylic acids is 2. The SMILES string of the molecule is O=C(OCCOC(=O)C1CC1)C1CC1. The molecule has 0 aromatic rings. The van der Waals surface area contributed by atoms with E-state index in [9.17, 15) is 9.59 Å². The summed E-state index contributed by atoms with van der Waals surface area (Å²) >= 11 is 0. The number of carbonyl (C=O) groups is 2. The van der Waals surface area contributed by atoms with Crippen LogP contribution in [-0.4, -0.2) is 25.2 Å². The van der Waals surface area contributed by atoms with Crippen molar-refractivity contribution in [2.45, 2.75) is 25.7 Å². The second kappa shape index (κ2) is 3.98. The first-order chi connectivity index (χ1) is 6.77. The largest absolute Gasteiger partial charge is 0.462 e. The van der Waals surface area contributed by atoms with Crippen molar-refractivity contribution in [3.8, 4) is 0 Å². The van der Waals surface area contributed by atoms with Crippen LogP contribution in [0.25, 0.3) is 0 Å². The minimum absolute atomic E-state index is 0.120. The Morgan fingerprint density at radius 2 is 1.21 bits per heavy atom. The molecule has 0 unspecified atom stereocenters. The zero-order valence-corrected chi connectivity index (χ0v) is 8.03. The molecule has 4 heteroatoms. The van der Waals surface area contributed by atoms with E-state index in [-0.39, 0.29) is 37.0 Å². The lowest BCUT2D eigenvalue weighted by Gasteiger charge is -2.04. The average molecular weight is 198 g/mol. The van der Waals surface area contributed by atoms with Gasteiger partial charge in [-0.3, -0.25) is 9.59 Å². The van der Waals surface area contributed by atoms with Gasteiger partial charge in [-0.05, 0) is 25.7 Å². The van der Waals surface area contributed by atoms with E-state index in [1.807, 2.05) is 0 Å². The van der Waals surface area contributed by atoms with Crippen LogP contribution in [0.4, 0.5) is 0 Å². The molecule has 0 radical (unpaired) electrons. The number of ether oxygens (including phenoxy) is 2. The quantitative estimate of drug-likeness (QED) is 0.486. The van der Waals surface area contributed by atoms with E-state index in [0.29, 0.717) is 0 Å². The number of hydrogen-bond donors (Lipinski definition) is 0. The smallest absolute Gasteiger partial charge is 0.309 e. The number of esters is 2. The molecule has 0 aromatic heterocycles. The van der Waals surface area contributed by atoms with E-state index < -0.39 is 0 Å². The first kappa shape index (κ1) is 9.49. The third kappa shape index (κ3) is 2.72. The third-order valence-corrected chi connectivity index (χ3v) is 2.39. The van der Waals surface area contributed by atoms with Crippen LogP contribution in [0.15, 0.2) is 0 Å². The second-order valence-corrected chi connectivity index (χ2v) is 3.88. The predicted octanol–water partition coefficient (Wildman–Crippen LogP) is 0.893. The maximum atomic E-state index is 11.0. The van der Waals surface area contributed by atoms with E-state index in [2.05, 4.69) is 0 Å². The zero-order chi connectivity index (χ0) is 9.97. The highest BCUT2D eigenvalue weighted by atomic mass is 16.6. The summed E-state index contributed by atoms with van der Waals surface area (Å²) < 4.78 is 9.80. The molecule has 0 amide bonds. The van der Waals surface area contributed by atoms with Crippen LogP contribution in [-0.2, 0) is 19.1 Å². The molecule has 14 heavy (non-hydrogen) atoms. The molecular weight excluding hydrogens is 184 g/mol. The molecule has 0 aromatic carbocycles. The highest BCUT2D eigenvalue weighted by Gasteiger charge is 2.32. The fourth-order valence-corrected chi connectivity index (χ4v) is 1.16. The van der Waals surface area contributed by atoms with Gasteiger partial charge in [-0.1, -0.05) is 0 Å². The Labute approximate surface area is 82.6 Å². The molecule has 2 aliphatic carbocycles. The Morgan fingerprint density at radius 1 is 0.857 bits per heavy atom. The molecule has 2 rings (SSSR count). The summed E-state index contributed by atoms with van der Waals surface area (Å²) in [6.45, 7) is 0.404. The minimum Gasteiger partial charge on any atom is -0.462 e. The molecule has 2 saturated carbocycles. The Morgan fingerprint density at radius 3 is 1.50 bits per heavy atom. The lowest BCUT2D eigenvalue weighted by molar-refractivity contribution is -0.153. The summed E-state index contributed by atoms with van der Waals surface area (Å²) in [5.41, 5.74) is 0. The van der Waals surface area contributed by atoms with Crippen LogP contribution in [0, 0.1) is 11.8 Å². The van der Waals surface area contributed by atoms with Gasteiger partial charge < -0.3 is 9.47 Å². The van der Waals surface area contributed by atoms with Crippen molar-refractivity contribution in [2.24, 2.45) is 11.8 Å². The topological polar surface area (TPSA) is 52.6 Å². The summed E-state index contributed by atoms with van der Waals surface area (Å²) in [7, 11) is 0. The summed E-state index contributed by atoms with van der Waals surface area (Å²) in [4.78, 5) is 22.1. The Bertz CT molecular complexity index is 215. The highest BCUT2D eigenvalue weighted by Crippen LogP contribution is 2.30. The Balaban J connectivity index is 1.49. The molecule has 2 fully saturated rings. The van der Waals surface area contributed by atoms with E-state index in [1.54, 1.807) is 0 Å². The van der Waals surface area contributed by atoms with Crippen molar-refractivity contribution < 1.29 is 19.1 Å². The van der Waals surface area contributed by atoms with Gasteiger partial charge in [-0.2, -0.15) is 0 Å². The van der Waals surface area contributed by atoms with Crippen molar-refractivity contribution in [1.29, 1.82) is 0 Å². The Kier molecular flexibility index (Phi) is 2.70. The molecule has 0 spiro atoms. The van der Waals surface area contributed by atoms with Gasteiger partial charge in [0.2, 0.25) is 0 Å². The van der Waals surface area contributed by atoms with Crippen molar-refractivity contribution in [2.75, 3.05) is 13.2 Å². The minimum atomic E-state index is -0.146. The van der Waals surface area contributed by atoms with Crippen LogP contribution in [0.3, 0.4) is 0 Å². The third-order valence-electron chi connectivity index (χ3n) is 2.39.